The first kappa shape index (κ1) is 13.0. The van der Waals surface area contributed by atoms with Crippen LogP contribution in [-0.4, -0.2) is 10.9 Å². The van der Waals surface area contributed by atoms with Gasteiger partial charge in [-0.3, -0.25) is 4.79 Å². The summed E-state index contributed by atoms with van der Waals surface area (Å²) >= 11 is 0. The molecule has 1 heterocycles. The predicted molar refractivity (Wildman–Crippen MR) is 71.1 cm³/mol. The number of benzene rings is 1. The third-order valence-corrected chi connectivity index (χ3v) is 2.63. The summed E-state index contributed by atoms with van der Waals surface area (Å²) in [6.07, 6.45) is 1.44. The molecule has 0 bridgehead atoms. The van der Waals surface area contributed by atoms with Gasteiger partial charge in [-0.1, -0.05) is 12.1 Å². The Kier molecular flexibility index (Phi) is 3.72. The van der Waals surface area contributed by atoms with Crippen LogP contribution in [0.2, 0.25) is 0 Å². The van der Waals surface area contributed by atoms with E-state index in [2.05, 4.69) is 15.7 Å². The lowest BCUT2D eigenvalue weighted by molar-refractivity contribution is 0.102. The van der Waals surface area contributed by atoms with E-state index in [1.807, 2.05) is 0 Å². The first-order chi connectivity index (χ1) is 9.11. The Balaban J connectivity index is 2.25. The number of nitrogen functional groups attached to an aromatic ring is 1. The number of anilines is 2. The zero-order chi connectivity index (χ0) is 13.8. The van der Waals surface area contributed by atoms with Crippen LogP contribution in [0.3, 0.4) is 0 Å². The largest absolute Gasteiger partial charge is 0.319 e. The number of hydrogen-bond donors (Lipinski definition) is 3. The number of carbonyl (C=O) groups excluding carboxylic acids is 1. The zero-order valence-electron chi connectivity index (χ0n) is 10.3. The minimum absolute atomic E-state index is 0.173. The van der Waals surface area contributed by atoms with Gasteiger partial charge in [0.1, 0.15) is 11.6 Å². The summed E-state index contributed by atoms with van der Waals surface area (Å²) in [5, 5.41) is 2.54. The first-order valence-electron chi connectivity index (χ1n) is 5.61. The lowest BCUT2D eigenvalue weighted by Crippen LogP contribution is -2.15. The van der Waals surface area contributed by atoms with Gasteiger partial charge in [-0.15, -0.1) is 0 Å². The number of nitrogens with zero attached hydrogens (tertiary/aromatic N) is 1. The Morgan fingerprint density at radius 3 is 2.84 bits per heavy atom. The number of hydrazine groups is 1. The smallest absolute Gasteiger partial charge is 0.255 e. The fourth-order valence-electron chi connectivity index (χ4n) is 1.63. The number of para-hydroxylation sites is 1. The number of carbonyl (C=O) groups is 1. The minimum atomic E-state index is -0.473. The normalized spacial score (nSPS) is 10.1. The summed E-state index contributed by atoms with van der Waals surface area (Å²) in [5.74, 6) is 4.68. The molecule has 0 aliphatic heterocycles. The number of aromatic nitrogens is 1. The molecule has 0 saturated carbocycles. The molecule has 0 spiro atoms. The molecule has 0 saturated heterocycles. The second kappa shape index (κ2) is 5.45. The van der Waals surface area contributed by atoms with E-state index >= 15 is 0 Å². The number of nitrogens with two attached hydrogens (primary N) is 1. The van der Waals surface area contributed by atoms with Crippen LogP contribution in [-0.2, 0) is 0 Å². The van der Waals surface area contributed by atoms with Crippen molar-refractivity contribution in [3.63, 3.8) is 0 Å². The Hall–Kier alpha value is -2.47. The van der Waals surface area contributed by atoms with Crippen molar-refractivity contribution in [2.75, 3.05) is 10.7 Å². The van der Waals surface area contributed by atoms with Gasteiger partial charge in [0, 0.05) is 11.8 Å². The molecule has 1 amide bonds. The Morgan fingerprint density at radius 1 is 1.37 bits per heavy atom. The van der Waals surface area contributed by atoms with Gasteiger partial charge in [-0.05, 0) is 30.7 Å². The lowest BCUT2D eigenvalue weighted by Gasteiger charge is -2.09. The minimum Gasteiger partial charge on any atom is -0.319 e. The van der Waals surface area contributed by atoms with Crippen molar-refractivity contribution < 1.29 is 9.18 Å². The number of halogens is 1. The van der Waals surface area contributed by atoms with E-state index in [1.165, 1.54) is 24.4 Å². The molecule has 5 nitrogen and oxygen atoms in total. The van der Waals surface area contributed by atoms with Crippen LogP contribution in [0.5, 0.6) is 0 Å². The van der Waals surface area contributed by atoms with Gasteiger partial charge < -0.3 is 10.7 Å². The third-order valence-electron chi connectivity index (χ3n) is 2.63. The number of amides is 1. The molecule has 0 aliphatic rings. The standard InChI is InChI=1S/C13H13FN4O/c1-8-3-2-4-10(14)12(8)17-13(19)9-5-6-16-11(7-9)18-15/h2-7H,15H2,1H3,(H,16,18)(H,17,19). The molecule has 0 atom stereocenters. The summed E-state index contributed by atoms with van der Waals surface area (Å²) in [4.78, 5) is 15.9. The van der Waals surface area contributed by atoms with Crippen molar-refractivity contribution in [1.29, 1.82) is 0 Å². The van der Waals surface area contributed by atoms with Crippen LogP contribution in [0.4, 0.5) is 15.9 Å². The quantitative estimate of drug-likeness (QED) is 0.583. The Bertz CT molecular complexity index is 595. The van der Waals surface area contributed by atoms with E-state index < -0.39 is 11.7 Å². The number of nitrogens with one attached hydrogen (secondary N) is 2. The van der Waals surface area contributed by atoms with E-state index in [9.17, 15) is 9.18 Å². The lowest BCUT2D eigenvalue weighted by atomic mass is 10.1. The van der Waals surface area contributed by atoms with Crippen LogP contribution in [0.1, 0.15) is 15.9 Å². The molecular formula is C13H13FN4O. The molecule has 2 aromatic rings. The fraction of sp³-hybridized carbons (Fsp3) is 0.0769. The van der Waals surface area contributed by atoms with Gasteiger partial charge >= 0.3 is 0 Å². The maximum atomic E-state index is 13.6. The van der Waals surface area contributed by atoms with Gasteiger partial charge in [0.05, 0.1) is 5.69 Å². The highest BCUT2D eigenvalue weighted by Crippen LogP contribution is 2.19. The maximum absolute atomic E-state index is 13.6. The molecule has 2 rings (SSSR count). The molecule has 0 aliphatic carbocycles. The Labute approximate surface area is 109 Å². The summed E-state index contributed by atoms with van der Waals surface area (Å²) in [6, 6.07) is 7.60. The molecule has 1 aromatic heterocycles. The van der Waals surface area contributed by atoms with Crippen LogP contribution >= 0.6 is 0 Å². The SMILES string of the molecule is Cc1cccc(F)c1NC(=O)c1ccnc(NN)c1. The van der Waals surface area contributed by atoms with Gasteiger partial charge in [-0.25, -0.2) is 15.2 Å². The van der Waals surface area contributed by atoms with Crippen LogP contribution in [0.15, 0.2) is 36.5 Å². The van der Waals surface area contributed by atoms with Crippen LogP contribution in [0, 0.1) is 12.7 Å². The molecule has 1 aromatic carbocycles. The van der Waals surface area contributed by atoms with Crippen molar-refractivity contribution in [3.8, 4) is 0 Å². The molecule has 0 unspecified atom stereocenters. The van der Waals surface area contributed by atoms with Crippen molar-refractivity contribution in [2.45, 2.75) is 6.92 Å². The summed E-state index contributed by atoms with van der Waals surface area (Å²) in [5.41, 5.74) is 3.51. The van der Waals surface area contributed by atoms with Crippen molar-refractivity contribution in [2.24, 2.45) is 5.84 Å². The van der Waals surface area contributed by atoms with Crippen molar-refractivity contribution in [1.82, 2.24) is 4.98 Å². The van der Waals surface area contributed by atoms with E-state index in [4.69, 9.17) is 5.84 Å². The molecule has 0 radical (unpaired) electrons. The average molecular weight is 260 g/mol. The molecule has 98 valence electrons. The topological polar surface area (TPSA) is 80.0 Å². The highest BCUT2D eigenvalue weighted by atomic mass is 19.1. The summed E-state index contributed by atoms with van der Waals surface area (Å²) in [6.45, 7) is 1.72. The van der Waals surface area contributed by atoms with Gasteiger partial charge in [-0.2, -0.15) is 0 Å². The predicted octanol–water partition coefficient (Wildman–Crippen LogP) is 2.07. The average Bonchev–Trinajstić information content (AvgIpc) is 2.43. The second-order valence-corrected chi connectivity index (χ2v) is 3.96. The molecule has 19 heavy (non-hydrogen) atoms. The summed E-state index contributed by atoms with van der Waals surface area (Å²) in [7, 11) is 0. The number of pyridine rings is 1. The van der Waals surface area contributed by atoms with Gasteiger partial charge in [0.15, 0.2) is 0 Å². The molecular weight excluding hydrogens is 247 g/mol. The highest BCUT2D eigenvalue weighted by molar-refractivity contribution is 6.05. The second-order valence-electron chi connectivity index (χ2n) is 3.96. The van der Waals surface area contributed by atoms with Crippen molar-refractivity contribution >= 4 is 17.4 Å². The number of hydrogen-bond acceptors (Lipinski definition) is 4. The zero-order valence-corrected chi connectivity index (χ0v) is 10.3. The molecule has 6 heteroatoms. The first-order valence-corrected chi connectivity index (χ1v) is 5.61. The van der Waals surface area contributed by atoms with E-state index in [1.54, 1.807) is 19.1 Å². The van der Waals surface area contributed by atoms with E-state index in [-0.39, 0.29) is 5.69 Å². The van der Waals surface area contributed by atoms with E-state index in [0.717, 1.165) is 0 Å². The number of aryl methyl sites for hydroxylation is 1. The summed E-state index contributed by atoms with van der Waals surface area (Å²) < 4.78 is 13.6. The van der Waals surface area contributed by atoms with E-state index in [0.29, 0.717) is 16.9 Å². The van der Waals surface area contributed by atoms with Gasteiger partial charge in [0.2, 0.25) is 0 Å². The third kappa shape index (κ3) is 2.86. The van der Waals surface area contributed by atoms with Crippen LogP contribution < -0.4 is 16.6 Å². The van der Waals surface area contributed by atoms with Gasteiger partial charge in [0.25, 0.3) is 5.91 Å². The maximum Gasteiger partial charge on any atom is 0.255 e. The Morgan fingerprint density at radius 2 is 2.16 bits per heavy atom. The monoisotopic (exact) mass is 260 g/mol. The number of rotatable bonds is 3. The molecule has 4 N–H and O–H groups in total. The van der Waals surface area contributed by atoms with Crippen LogP contribution in [0.25, 0.3) is 0 Å². The molecule has 0 fully saturated rings. The highest BCUT2D eigenvalue weighted by Gasteiger charge is 2.11. The van der Waals surface area contributed by atoms with Crippen molar-refractivity contribution in [3.05, 3.63) is 53.5 Å². The fourth-order valence-corrected chi connectivity index (χ4v) is 1.63.